The van der Waals surface area contributed by atoms with E-state index in [0.29, 0.717) is 12.2 Å². The summed E-state index contributed by atoms with van der Waals surface area (Å²) in [5.41, 5.74) is 5.73. The SMILES string of the molecule is Cc1ccc(-n2nc(C)c3c2C(=O)N(c2ccc(I)cc2)CC3)cc1. The molecule has 2 heterocycles. The number of carbonyl (C=O) groups is 1. The molecule has 0 spiro atoms. The van der Waals surface area contributed by atoms with Crippen molar-refractivity contribution in [3.05, 3.63) is 74.6 Å². The van der Waals surface area contributed by atoms with Crippen LogP contribution >= 0.6 is 22.6 Å². The van der Waals surface area contributed by atoms with Gasteiger partial charge >= 0.3 is 0 Å². The fourth-order valence-electron chi connectivity index (χ4n) is 3.27. The molecule has 5 heteroatoms. The first-order valence-electron chi connectivity index (χ1n) is 8.27. The van der Waals surface area contributed by atoms with Crippen molar-refractivity contribution < 1.29 is 4.79 Å². The third-order valence-corrected chi connectivity index (χ3v) is 5.35. The van der Waals surface area contributed by atoms with Crippen molar-refractivity contribution in [2.45, 2.75) is 20.3 Å². The summed E-state index contributed by atoms with van der Waals surface area (Å²) in [5, 5.41) is 4.65. The maximum absolute atomic E-state index is 13.2. The summed E-state index contributed by atoms with van der Waals surface area (Å²) in [6, 6.07) is 16.2. The topological polar surface area (TPSA) is 38.1 Å². The third-order valence-electron chi connectivity index (χ3n) is 4.63. The van der Waals surface area contributed by atoms with Crippen LogP contribution in [0.25, 0.3) is 5.69 Å². The lowest BCUT2D eigenvalue weighted by Crippen LogP contribution is -2.38. The van der Waals surface area contributed by atoms with Crippen molar-refractivity contribution in [1.29, 1.82) is 0 Å². The highest BCUT2D eigenvalue weighted by Crippen LogP contribution is 2.28. The molecule has 25 heavy (non-hydrogen) atoms. The number of nitrogens with zero attached hydrogens (tertiary/aromatic N) is 3. The Morgan fingerprint density at radius 3 is 2.28 bits per heavy atom. The highest BCUT2D eigenvalue weighted by atomic mass is 127. The first-order valence-corrected chi connectivity index (χ1v) is 9.35. The van der Waals surface area contributed by atoms with E-state index in [4.69, 9.17) is 0 Å². The lowest BCUT2D eigenvalue weighted by molar-refractivity contribution is 0.0973. The molecule has 4 rings (SSSR count). The second-order valence-electron chi connectivity index (χ2n) is 6.34. The highest BCUT2D eigenvalue weighted by molar-refractivity contribution is 14.1. The quantitative estimate of drug-likeness (QED) is 0.555. The fraction of sp³-hybridized carbons (Fsp3) is 0.200. The van der Waals surface area contributed by atoms with E-state index in [1.54, 1.807) is 4.68 Å². The van der Waals surface area contributed by atoms with Gasteiger partial charge in [0.2, 0.25) is 0 Å². The molecule has 0 bridgehead atoms. The molecule has 0 fully saturated rings. The molecule has 0 radical (unpaired) electrons. The molecule has 0 unspecified atom stereocenters. The van der Waals surface area contributed by atoms with E-state index >= 15 is 0 Å². The zero-order valence-electron chi connectivity index (χ0n) is 14.2. The summed E-state index contributed by atoms with van der Waals surface area (Å²) in [7, 11) is 0. The Kier molecular flexibility index (Phi) is 4.11. The van der Waals surface area contributed by atoms with Gasteiger partial charge in [-0.05, 0) is 79.3 Å². The number of amides is 1. The Morgan fingerprint density at radius 1 is 0.960 bits per heavy atom. The van der Waals surface area contributed by atoms with Gasteiger partial charge in [-0.3, -0.25) is 4.79 Å². The van der Waals surface area contributed by atoms with Crippen LogP contribution < -0.4 is 4.90 Å². The molecule has 1 amide bonds. The Morgan fingerprint density at radius 2 is 1.60 bits per heavy atom. The predicted molar refractivity (Wildman–Crippen MR) is 108 cm³/mol. The Hall–Kier alpha value is -2.15. The molecule has 0 aliphatic carbocycles. The lowest BCUT2D eigenvalue weighted by atomic mass is 10.0. The van der Waals surface area contributed by atoms with Crippen LogP contribution in [0.15, 0.2) is 48.5 Å². The summed E-state index contributed by atoms with van der Waals surface area (Å²) >= 11 is 2.27. The number of rotatable bonds is 2. The monoisotopic (exact) mass is 443 g/mol. The molecule has 4 nitrogen and oxygen atoms in total. The third kappa shape index (κ3) is 2.86. The summed E-state index contributed by atoms with van der Waals surface area (Å²) in [4.78, 5) is 15.1. The second kappa shape index (κ2) is 6.29. The molecule has 1 aromatic heterocycles. The molecule has 3 aromatic rings. The second-order valence-corrected chi connectivity index (χ2v) is 7.59. The molecular formula is C20H18IN3O. The highest BCUT2D eigenvalue weighted by Gasteiger charge is 2.31. The fourth-order valence-corrected chi connectivity index (χ4v) is 3.63. The minimum Gasteiger partial charge on any atom is -0.307 e. The van der Waals surface area contributed by atoms with Crippen molar-refractivity contribution >= 4 is 34.2 Å². The Labute approximate surface area is 160 Å². The maximum Gasteiger partial charge on any atom is 0.277 e. The predicted octanol–water partition coefficient (Wildman–Crippen LogP) is 4.30. The van der Waals surface area contributed by atoms with Gasteiger partial charge in [0.15, 0.2) is 0 Å². The van der Waals surface area contributed by atoms with Crippen molar-refractivity contribution in [1.82, 2.24) is 9.78 Å². The number of aromatic nitrogens is 2. The minimum absolute atomic E-state index is 0.0173. The van der Waals surface area contributed by atoms with E-state index in [1.165, 1.54) is 5.56 Å². The Balaban J connectivity index is 1.79. The number of carbonyl (C=O) groups excluding carboxylic acids is 1. The largest absolute Gasteiger partial charge is 0.307 e. The molecule has 0 atom stereocenters. The average Bonchev–Trinajstić information content (AvgIpc) is 2.95. The number of halogens is 1. The van der Waals surface area contributed by atoms with E-state index < -0.39 is 0 Å². The lowest BCUT2D eigenvalue weighted by Gasteiger charge is -2.27. The smallest absolute Gasteiger partial charge is 0.277 e. The van der Waals surface area contributed by atoms with Crippen LogP contribution in [-0.4, -0.2) is 22.2 Å². The average molecular weight is 443 g/mol. The number of hydrogen-bond acceptors (Lipinski definition) is 2. The van der Waals surface area contributed by atoms with E-state index in [1.807, 2.05) is 60.4 Å². The van der Waals surface area contributed by atoms with Crippen LogP contribution in [0.5, 0.6) is 0 Å². The van der Waals surface area contributed by atoms with Gasteiger partial charge in [0.1, 0.15) is 5.69 Å². The summed E-state index contributed by atoms with van der Waals surface area (Å²) in [6.07, 6.45) is 0.824. The molecule has 0 saturated heterocycles. The van der Waals surface area contributed by atoms with E-state index in [2.05, 4.69) is 34.6 Å². The van der Waals surface area contributed by atoms with Crippen LogP contribution in [-0.2, 0) is 6.42 Å². The summed E-state index contributed by atoms with van der Waals surface area (Å²) in [6.45, 7) is 4.72. The van der Waals surface area contributed by atoms with Crippen LogP contribution in [0, 0.1) is 17.4 Å². The van der Waals surface area contributed by atoms with Gasteiger partial charge in [0, 0.05) is 21.4 Å². The van der Waals surface area contributed by atoms with Gasteiger partial charge < -0.3 is 4.90 Å². The van der Waals surface area contributed by atoms with Crippen molar-refractivity contribution in [2.24, 2.45) is 0 Å². The van der Waals surface area contributed by atoms with Gasteiger partial charge in [-0.15, -0.1) is 0 Å². The minimum atomic E-state index is 0.0173. The van der Waals surface area contributed by atoms with Crippen molar-refractivity contribution in [3.8, 4) is 5.69 Å². The molecule has 126 valence electrons. The van der Waals surface area contributed by atoms with E-state index in [0.717, 1.165) is 32.6 Å². The maximum atomic E-state index is 13.2. The molecule has 0 N–H and O–H groups in total. The van der Waals surface area contributed by atoms with Crippen LogP contribution in [0.2, 0.25) is 0 Å². The van der Waals surface area contributed by atoms with Gasteiger partial charge in [-0.2, -0.15) is 5.10 Å². The molecule has 0 saturated carbocycles. The normalized spacial score (nSPS) is 13.9. The van der Waals surface area contributed by atoms with Gasteiger partial charge in [0.25, 0.3) is 5.91 Å². The number of aryl methyl sites for hydroxylation is 2. The van der Waals surface area contributed by atoms with Crippen molar-refractivity contribution in [2.75, 3.05) is 11.4 Å². The number of hydrogen-bond donors (Lipinski definition) is 0. The molecule has 1 aliphatic heterocycles. The number of fused-ring (bicyclic) bond motifs is 1. The first kappa shape index (κ1) is 16.3. The van der Waals surface area contributed by atoms with Crippen LogP contribution in [0.1, 0.15) is 27.3 Å². The van der Waals surface area contributed by atoms with Gasteiger partial charge in [-0.25, -0.2) is 4.68 Å². The van der Waals surface area contributed by atoms with E-state index in [-0.39, 0.29) is 5.91 Å². The number of benzene rings is 2. The van der Waals surface area contributed by atoms with Crippen LogP contribution in [0.4, 0.5) is 5.69 Å². The van der Waals surface area contributed by atoms with E-state index in [9.17, 15) is 4.79 Å². The Bertz CT molecular complexity index is 942. The number of anilines is 1. The first-order chi connectivity index (χ1) is 12.0. The summed E-state index contributed by atoms with van der Waals surface area (Å²) < 4.78 is 2.96. The van der Waals surface area contributed by atoms with Gasteiger partial charge in [-0.1, -0.05) is 17.7 Å². The molecule has 1 aliphatic rings. The van der Waals surface area contributed by atoms with Gasteiger partial charge in [0.05, 0.1) is 11.4 Å². The zero-order chi connectivity index (χ0) is 17.6. The zero-order valence-corrected chi connectivity index (χ0v) is 16.3. The molecular weight excluding hydrogens is 425 g/mol. The standard InChI is InChI=1S/C20H18IN3O/c1-13-3-7-17(8-4-13)24-19-18(14(2)22-24)11-12-23(20(19)25)16-9-5-15(21)6-10-16/h3-10H,11-12H2,1-2H3. The summed E-state index contributed by atoms with van der Waals surface area (Å²) in [5.74, 6) is 0.0173. The van der Waals surface area contributed by atoms with Crippen LogP contribution in [0.3, 0.4) is 0 Å². The molecule has 2 aromatic carbocycles. The van der Waals surface area contributed by atoms with Crippen molar-refractivity contribution in [3.63, 3.8) is 0 Å².